The molecule has 0 unspecified atom stereocenters. The van der Waals surface area contributed by atoms with Crippen LogP contribution in [0.4, 0.5) is 13.9 Å². The third kappa shape index (κ3) is 4.31. The van der Waals surface area contributed by atoms with Gasteiger partial charge >= 0.3 is 0 Å². The Morgan fingerprint density at radius 2 is 1.93 bits per heavy atom. The van der Waals surface area contributed by atoms with Gasteiger partial charge in [0.1, 0.15) is 17.3 Å². The van der Waals surface area contributed by atoms with Crippen molar-refractivity contribution in [3.8, 4) is 11.4 Å². The largest absolute Gasteiger partial charge is 0.311 e. The molecule has 0 saturated carbocycles. The van der Waals surface area contributed by atoms with Crippen LogP contribution >= 0.6 is 11.3 Å². The van der Waals surface area contributed by atoms with Gasteiger partial charge in [-0.05, 0) is 18.2 Å². The highest BCUT2D eigenvalue weighted by atomic mass is 32.1. The minimum Gasteiger partial charge on any atom is -0.311 e. The van der Waals surface area contributed by atoms with Crippen LogP contribution in [0.3, 0.4) is 0 Å². The highest BCUT2D eigenvalue weighted by Crippen LogP contribution is 2.24. The SMILES string of the molecule is O=C(Nc1nc(-c2cc(F)ccn2)cs1)c1ccn(Cc2ccccc2F)c(=O)c1. The number of hydrogen-bond donors (Lipinski definition) is 1. The molecule has 0 atom stereocenters. The maximum atomic E-state index is 13.8. The molecule has 0 fully saturated rings. The smallest absolute Gasteiger partial charge is 0.257 e. The van der Waals surface area contributed by atoms with E-state index in [4.69, 9.17) is 0 Å². The number of carbonyl (C=O) groups is 1. The minimum atomic E-state index is -0.516. The van der Waals surface area contributed by atoms with Crippen LogP contribution in [-0.2, 0) is 6.54 Å². The summed E-state index contributed by atoms with van der Waals surface area (Å²) in [6, 6.07) is 11.3. The predicted octanol–water partition coefficient (Wildman–Crippen LogP) is 3.95. The number of halogens is 2. The van der Waals surface area contributed by atoms with Crippen LogP contribution in [0.15, 0.2) is 71.1 Å². The summed E-state index contributed by atoms with van der Waals surface area (Å²) in [6.45, 7) is 0.0594. The number of aromatic nitrogens is 3. The number of amides is 1. The molecule has 3 aromatic heterocycles. The van der Waals surface area contributed by atoms with Gasteiger partial charge in [0.2, 0.25) is 0 Å². The summed E-state index contributed by atoms with van der Waals surface area (Å²) in [6.07, 6.45) is 2.77. The molecule has 30 heavy (non-hydrogen) atoms. The highest BCUT2D eigenvalue weighted by Gasteiger charge is 2.13. The second kappa shape index (κ2) is 8.34. The van der Waals surface area contributed by atoms with Gasteiger partial charge in [-0.1, -0.05) is 18.2 Å². The van der Waals surface area contributed by atoms with Crippen LogP contribution in [0.25, 0.3) is 11.4 Å². The molecule has 1 aromatic carbocycles. The molecule has 1 amide bonds. The first-order chi connectivity index (χ1) is 14.5. The lowest BCUT2D eigenvalue weighted by molar-refractivity contribution is 0.102. The van der Waals surface area contributed by atoms with Crippen LogP contribution in [0.2, 0.25) is 0 Å². The molecule has 0 spiro atoms. The van der Waals surface area contributed by atoms with Crippen molar-refractivity contribution < 1.29 is 13.6 Å². The zero-order chi connectivity index (χ0) is 21.1. The number of rotatable bonds is 5. The van der Waals surface area contributed by atoms with Crippen molar-refractivity contribution >= 4 is 22.4 Å². The molecule has 1 N–H and O–H groups in total. The summed E-state index contributed by atoms with van der Waals surface area (Å²) in [5.74, 6) is -1.36. The third-order valence-corrected chi connectivity index (χ3v) is 5.02. The molecule has 4 rings (SSSR count). The molecule has 0 radical (unpaired) electrons. The number of carbonyl (C=O) groups excluding carboxylic acids is 1. The standard InChI is InChI=1S/C21H14F2N4O2S/c22-15-5-7-24-17(10-15)18-12-30-21(25-18)26-20(29)13-6-8-27(19(28)9-13)11-14-3-1-2-4-16(14)23/h1-10,12H,11H2,(H,25,26,29). The van der Waals surface area contributed by atoms with Crippen molar-refractivity contribution in [2.75, 3.05) is 5.32 Å². The monoisotopic (exact) mass is 424 g/mol. The fourth-order valence-corrected chi connectivity index (χ4v) is 3.45. The summed E-state index contributed by atoms with van der Waals surface area (Å²) in [4.78, 5) is 33.1. The van der Waals surface area contributed by atoms with Crippen LogP contribution in [0.1, 0.15) is 15.9 Å². The Morgan fingerprint density at radius 1 is 1.10 bits per heavy atom. The average Bonchev–Trinajstić information content (AvgIpc) is 3.19. The van der Waals surface area contributed by atoms with Crippen molar-refractivity contribution in [1.29, 1.82) is 0 Å². The van der Waals surface area contributed by atoms with E-state index >= 15 is 0 Å². The summed E-state index contributed by atoms with van der Waals surface area (Å²) >= 11 is 1.15. The minimum absolute atomic E-state index is 0.0594. The number of nitrogens with one attached hydrogen (secondary N) is 1. The van der Waals surface area contributed by atoms with E-state index in [1.807, 2.05) is 0 Å². The predicted molar refractivity (Wildman–Crippen MR) is 109 cm³/mol. The number of pyridine rings is 2. The fourth-order valence-electron chi connectivity index (χ4n) is 2.75. The summed E-state index contributed by atoms with van der Waals surface area (Å²) < 4.78 is 28.4. The molecule has 6 nitrogen and oxygen atoms in total. The van der Waals surface area contributed by atoms with Crippen LogP contribution in [0.5, 0.6) is 0 Å². The van der Waals surface area contributed by atoms with Crippen molar-refractivity contribution in [3.63, 3.8) is 0 Å². The van der Waals surface area contributed by atoms with Crippen molar-refractivity contribution in [1.82, 2.24) is 14.5 Å². The number of thiazole rings is 1. The molecule has 0 aliphatic rings. The van der Waals surface area contributed by atoms with Gasteiger partial charge in [-0.25, -0.2) is 13.8 Å². The molecule has 0 saturated heterocycles. The van der Waals surface area contributed by atoms with E-state index in [1.165, 1.54) is 47.3 Å². The Morgan fingerprint density at radius 3 is 2.70 bits per heavy atom. The summed E-state index contributed by atoms with van der Waals surface area (Å²) in [5.41, 5.74) is 0.857. The van der Waals surface area contributed by atoms with Gasteiger partial charge in [0.05, 0.1) is 12.2 Å². The molecule has 9 heteroatoms. The first-order valence-corrected chi connectivity index (χ1v) is 9.70. The number of nitrogens with zero attached hydrogens (tertiary/aromatic N) is 3. The first-order valence-electron chi connectivity index (χ1n) is 8.82. The maximum Gasteiger partial charge on any atom is 0.257 e. The third-order valence-electron chi connectivity index (χ3n) is 4.27. The van der Waals surface area contributed by atoms with E-state index in [0.717, 1.165) is 11.3 Å². The van der Waals surface area contributed by atoms with Crippen molar-refractivity contribution in [2.45, 2.75) is 6.54 Å². The lowest BCUT2D eigenvalue weighted by Crippen LogP contribution is -2.23. The lowest BCUT2D eigenvalue weighted by Gasteiger charge is -2.08. The molecular formula is C21H14F2N4O2S. The molecular weight excluding hydrogens is 410 g/mol. The van der Waals surface area contributed by atoms with Crippen LogP contribution < -0.4 is 10.9 Å². The zero-order valence-electron chi connectivity index (χ0n) is 15.4. The van der Waals surface area contributed by atoms with Crippen molar-refractivity contribution in [2.24, 2.45) is 0 Å². The van der Waals surface area contributed by atoms with Crippen LogP contribution in [0, 0.1) is 11.6 Å². The maximum absolute atomic E-state index is 13.8. The first kappa shape index (κ1) is 19.6. The average molecular weight is 424 g/mol. The summed E-state index contributed by atoms with van der Waals surface area (Å²) in [7, 11) is 0. The number of benzene rings is 1. The van der Waals surface area contributed by atoms with Gasteiger partial charge in [0.25, 0.3) is 11.5 Å². The van der Waals surface area contributed by atoms with E-state index in [-0.39, 0.29) is 17.2 Å². The molecule has 3 heterocycles. The van der Waals surface area contributed by atoms with E-state index in [0.29, 0.717) is 17.0 Å². The van der Waals surface area contributed by atoms with Gasteiger partial charge in [-0.15, -0.1) is 11.3 Å². The summed E-state index contributed by atoms with van der Waals surface area (Å²) in [5, 5.41) is 4.54. The normalized spacial score (nSPS) is 10.7. The Kier molecular flexibility index (Phi) is 5.44. The van der Waals surface area contributed by atoms with Gasteiger partial charge < -0.3 is 4.57 Å². The Bertz CT molecular complexity index is 1290. The molecule has 0 aliphatic carbocycles. The van der Waals surface area contributed by atoms with E-state index in [2.05, 4.69) is 15.3 Å². The number of hydrogen-bond acceptors (Lipinski definition) is 5. The van der Waals surface area contributed by atoms with E-state index in [1.54, 1.807) is 23.6 Å². The number of anilines is 1. The van der Waals surface area contributed by atoms with Gasteiger partial charge in [-0.3, -0.25) is 19.9 Å². The Labute approximate surface area is 173 Å². The van der Waals surface area contributed by atoms with E-state index < -0.39 is 23.1 Å². The van der Waals surface area contributed by atoms with Crippen molar-refractivity contribution in [3.05, 3.63) is 99.4 Å². The molecule has 0 aliphatic heterocycles. The van der Waals surface area contributed by atoms with Crippen LogP contribution in [-0.4, -0.2) is 20.4 Å². The van der Waals surface area contributed by atoms with E-state index in [9.17, 15) is 18.4 Å². The topological polar surface area (TPSA) is 76.9 Å². The Hall–Kier alpha value is -3.72. The molecule has 150 valence electrons. The second-order valence-corrected chi connectivity index (χ2v) is 7.18. The second-order valence-electron chi connectivity index (χ2n) is 6.32. The van der Waals surface area contributed by atoms with Gasteiger partial charge in [0, 0.05) is 41.0 Å². The zero-order valence-corrected chi connectivity index (χ0v) is 16.2. The fraction of sp³-hybridized carbons (Fsp3) is 0.0476. The Balaban J connectivity index is 1.48. The highest BCUT2D eigenvalue weighted by molar-refractivity contribution is 7.14. The van der Waals surface area contributed by atoms with Gasteiger partial charge in [0.15, 0.2) is 5.13 Å². The van der Waals surface area contributed by atoms with Gasteiger partial charge in [-0.2, -0.15) is 0 Å². The quantitative estimate of drug-likeness (QED) is 0.526. The lowest BCUT2D eigenvalue weighted by atomic mass is 10.2. The molecule has 0 bridgehead atoms. The molecule has 4 aromatic rings.